The van der Waals surface area contributed by atoms with Gasteiger partial charge < -0.3 is 15.0 Å². The summed E-state index contributed by atoms with van der Waals surface area (Å²) < 4.78 is 35.3. The van der Waals surface area contributed by atoms with Crippen LogP contribution in [0, 0.1) is 6.92 Å². The van der Waals surface area contributed by atoms with E-state index in [1.807, 2.05) is 45.0 Å². The minimum Gasteiger partial charge on any atom is -0.494 e. The van der Waals surface area contributed by atoms with Gasteiger partial charge in [-0.2, -0.15) is 0 Å². The molecule has 2 amide bonds. The van der Waals surface area contributed by atoms with E-state index in [4.69, 9.17) is 4.74 Å². The maximum absolute atomic E-state index is 14.0. The van der Waals surface area contributed by atoms with Crippen LogP contribution < -0.4 is 14.4 Å². The molecule has 0 aliphatic carbocycles. The molecule has 10 heteroatoms. The molecule has 0 spiro atoms. The Morgan fingerprint density at radius 2 is 1.68 bits per heavy atom. The van der Waals surface area contributed by atoms with Crippen molar-refractivity contribution in [3.8, 4) is 5.75 Å². The van der Waals surface area contributed by atoms with Crippen LogP contribution in [0.5, 0.6) is 5.75 Å². The van der Waals surface area contributed by atoms with Gasteiger partial charge in [-0.25, -0.2) is 8.42 Å². The predicted octanol–water partition coefficient (Wildman–Crippen LogP) is 5.69. The number of hydrogen-bond donors (Lipinski definition) is 1. The summed E-state index contributed by atoms with van der Waals surface area (Å²) in [5, 5.41) is 2.89. The maximum atomic E-state index is 14.0. The number of amides is 2. The molecule has 41 heavy (non-hydrogen) atoms. The molecule has 0 aliphatic heterocycles. The van der Waals surface area contributed by atoms with Crippen LogP contribution in [-0.4, -0.2) is 50.9 Å². The van der Waals surface area contributed by atoms with Crippen molar-refractivity contribution in [3.05, 3.63) is 88.4 Å². The number of carbonyl (C=O) groups excluding carboxylic acids is 2. The van der Waals surface area contributed by atoms with Crippen molar-refractivity contribution >= 4 is 43.5 Å². The molecule has 3 aromatic rings. The molecular weight excluding hydrogens is 606 g/mol. The Bertz CT molecular complexity index is 1410. The molecule has 0 bridgehead atoms. The normalized spacial score (nSPS) is 11.9. The van der Waals surface area contributed by atoms with E-state index in [9.17, 15) is 18.0 Å². The fourth-order valence-electron chi connectivity index (χ4n) is 4.19. The minimum atomic E-state index is -4.13. The second kappa shape index (κ2) is 15.0. The van der Waals surface area contributed by atoms with Crippen molar-refractivity contribution in [2.24, 2.45) is 0 Å². The van der Waals surface area contributed by atoms with Crippen LogP contribution in [0.3, 0.4) is 0 Å². The highest BCUT2D eigenvalue weighted by molar-refractivity contribution is 9.10. The summed E-state index contributed by atoms with van der Waals surface area (Å²) in [4.78, 5) is 28.6. The van der Waals surface area contributed by atoms with E-state index in [0.29, 0.717) is 24.6 Å². The Morgan fingerprint density at radius 1 is 1.00 bits per heavy atom. The second-order valence-corrected chi connectivity index (χ2v) is 12.5. The highest BCUT2D eigenvalue weighted by Gasteiger charge is 2.32. The maximum Gasteiger partial charge on any atom is 0.264 e. The molecule has 3 aromatic carbocycles. The van der Waals surface area contributed by atoms with Gasteiger partial charge in [-0.3, -0.25) is 13.9 Å². The van der Waals surface area contributed by atoms with Crippen LogP contribution >= 0.6 is 15.9 Å². The molecule has 1 atom stereocenters. The summed E-state index contributed by atoms with van der Waals surface area (Å²) in [6, 6.07) is 19.7. The van der Waals surface area contributed by atoms with Gasteiger partial charge in [0, 0.05) is 17.6 Å². The topological polar surface area (TPSA) is 96.0 Å². The standard InChI is InChI=1S/C31H38BrN3O5S/c1-5-7-19-33-31(37)24(4)34(21-25-9-8-10-26(32)20-25)30(36)22-35(27-13-15-28(16-14-27)40-6-2)41(38,39)29-17-11-23(3)12-18-29/h8-18,20,24H,5-7,19,21-22H2,1-4H3,(H,33,37)/t24-/m0/s1. The largest absolute Gasteiger partial charge is 0.494 e. The van der Waals surface area contributed by atoms with Gasteiger partial charge >= 0.3 is 0 Å². The predicted molar refractivity (Wildman–Crippen MR) is 165 cm³/mol. The number of halogens is 1. The highest BCUT2D eigenvalue weighted by Crippen LogP contribution is 2.27. The average molecular weight is 645 g/mol. The number of nitrogens with one attached hydrogen (secondary N) is 1. The van der Waals surface area contributed by atoms with E-state index in [-0.39, 0.29) is 17.3 Å². The third kappa shape index (κ3) is 8.81. The first-order valence-electron chi connectivity index (χ1n) is 13.7. The Balaban J connectivity index is 2.00. The molecule has 0 heterocycles. The molecule has 0 aromatic heterocycles. The Hall–Kier alpha value is -3.37. The number of ether oxygens (including phenoxy) is 1. The summed E-state index contributed by atoms with van der Waals surface area (Å²) in [7, 11) is -4.13. The van der Waals surface area contributed by atoms with E-state index in [1.54, 1.807) is 43.3 Å². The Labute approximate surface area is 251 Å². The first-order chi connectivity index (χ1) is 19.6. The lowest BCUT2D eigenvalue weighted by Gasteiger charge is -2.32. The minimum absolute atomic E-state index is 0.0636. The lowest BCUT2D eigenvalue weighted by atomic mass is 10.1. The number of nitrogens with zero attached hydrogens (tertiary/aromatic N) is 2. The van der Waals surface area contributed by atoms with Crippen LogP contribution in [-0.2, 0) is 26.2 Å². The van der Waals surface area contributed by atoms with Crippen molar-refractivity contribution in [1.82, 2.24) is 10.2 Å². The molecule has 0 aliphatic rings. The third-order valence-electron chi connectivity index (χ3n) is 6.56. The SMILES string of the molecule is CCCCNC(=O)[C@H](C)N(Cc1cccc(Br)c1)C(=O)CN(c1ccc(OCC)cc1)S(=O)(=O)c1ccc(C)cc1. The monoisotopic (exact) mass is 643 g/mol. The van der Waals surface area contributed by atoms with Gasteiger partial charge in [0.15, 0.2) is 0 Å². The van der Waals surface area contributed by atoms with Crippen molar-refractivity contribution in [3.63, 3.8) is 0 Å². The van der Waals surface area contributed by atoms with Crippen molar-refractivity contribution in [1.29, 1.82) is 0 Å². The number of rotatable bonds is 14. The molecule has 0 radical (unpaired) electrons. The number of anilines is 1. The molecule has 0 saturated heterocycles. The molecule has 3 rings (SSSR count). The zero-order valence-corrected chi connectivity index (χ0v) is 26.4. The van der Waals surface area contributed by atoms with Gasteiger partial charge in [-0.05, 0) is 81.3 Å². The first-order valence-corrected chi connectivity index (χ1v) is 15.9. The average Bonchev–Trinajstić information content (AvgIpc) is 2.95. The van der Waals surface area contributed by atoms with E-state index in [2.05, 4.69) is 21.2 Å². The Kier molecular flexibility index (Phi) is 11.8. The fraction of sp³-hybridized carbons (Fsp3) is 0.355. The summed E-state index contributed by atoms with van der Waals surface area (Å²) in [6.07, 6.45) is 1.74. The number of benzene rings is 3. The van der Waals surface area contributed by atoms with Gasteiger partial charge in [0.25, 0.3) is 10.0 Å². The van der Waals surface area contributed by atoms with Gasteiger partial charge in [-0.15, -0.1) is 0 Å². The lowest BCUT2D eigenvalue weighted by Crippen LogP contribution is -2.51. The van der Waals surface area contributed by atoms with Crippen LogP contribution in [0.1, 0.15) is 44.7 Å². The zero-order chi connectivity index (χ0) is 30.0. The van der Waals surface area contributed by atoms with Gasteiger partial charge in [0.2, 0.25) is 11.8 Å². The van der Waals surface area contributed by atoms with Crippen molar-refractivity contribution in [2.45, 2.75) is 58.0 Å². The molecule has 0 unspecified atom stereocenters. The fourth-order valence-corrected chi connectivity index (χ4v) is 6.05. The number of hydrogen-bond acceptors (Lipinski definition) is 5. The van der Waals surface area contributed by atoms with Gasteiger partial charge in [0.1, 0.15) is 18.3 Å². The number of carbonyl (C=O) groups is 2. The summed E-state index contributed by atoms with van der Waals surface area (Å²) in [5.41, 5.74) is 2.02. The molecule has 220 valence electrons. The van der Waals surface area contributed by atoms with Crippen LogP contribution in [0.4, 0.5) is 5.69 Å². The smallest absolute Gasteiger partial charge is 0.264 e. The second-order valence-electron chi connectivity index (χ2n) is 9.72. The van der Waals surface area contributed by atoms with Gasteiger partial charge in [-0.1, -0.05) is 59.1 Å². The summed E-state index contributed by atoms with van der Waals surface area (Å²) in [5.74, 6) is -0.215. The molecule has 0 saturated carbocycles. The van der Waals surface area contributed by atoms with Crippen LogP contribution in [0.2, 0.25) is 0 Å². The van der Waals surface area contributed by atoms with Crippen molar-refractivity contribution < 1.29 is 22.7 Å². The molecular formula is C31H38BrN3O5S. The van der Waals surface area contributed by atoms with E-state index < -0.39 is 28.5 Å². The quantitative estimate of drug-likeness (QED) is 0.228. The molecule has 0 fully saturated rings. The number of unbranched alkanes of at least 4 members (excludes halogenated alkanes) is 1. The first kappa shape index (κ1) is 32.1. The van der Waals surface area contributed by atoms with Gasteiger partial charge in [0.05, 0.1) is 17.2 Å². The number of aryl methyl sites for hydroxylation is 1. The van der Waals surface area contributed by atoms with Crippen LogP contribution in [0.15, 0.2) is 82.2 Å². The lowest BCUT2D eigenvalue weighted by molar-refractivity contribution is -0.139. The Morgan fingerprint density at radius 3 is 2.29 bits per heavy atom. The van der Waals surface area contributed by atoms with Crippen LogP contribution in [0.25, 0.3) is 0 Å². The molecule has 8 nitrogen and oxygen atoms in total. The third-order valence-corrected chi connectivity index (χ3v) is 8.84. The summed E-state index contributed by atoms with van der Waals surface area (Å²) in [6.45, 7) is 8.02. The van der Waals surface area contributed by atoms with E-state index >= 15 is 0 Å². The summed E-state index contributed by atoms with van der Waals surface area (Å²) >= 11 is 3.46. The number of sulfonamides is 1. The zero-order valence-electron chi connectivity index (χ0n) is 24.0. The van der Waals surface area contributed by atoms with Crippen molar-refractivity contribution in [2.75, 3.05) is 24.0 Å². The van der Waals surface area contributed by atoms with E-state index in [0.717, 1.165) is 32.7 Å². The molecule has 1 N–H and O–H groups in total. The highest BCUT2D eigenvalue weighted by atomic mass is 79.9. The van der Waals surface area contributed by atoms with E-state index in [1.165, 1.54) is 17.0 Å².